The van der Waals surface area contributed by atoms with Gasteiger partial charge >= 0.3 is 0 Å². The maximum absolute atomic E-state index is 12.9. The van der Waals surface area contributed by atoms with E-state index in [9.17, 15) is 19.2 Å². The Balaban J connectivity index is 2.92. The van der Waals surface area contributed by atoms with Crippen LogP contribution in [-0.4, -0.2) is 53.1 Å². The van der Waals surface area contributed by atoms with Crippen LogP contribution in [0.15, 0.2) is 0 Å². The van der Waals surface area contributed by atoms with Gasteiger partial charge in [0.1, 0.15) is 6.04 Å². The number of rotatable bonds is 10. The third-order valence-corrected chi connectivity index (χ3v) is 5.46. The minimum Gasteiger partial charge on any atom is -0.363 e. The summed E-state index contributed by atoms with van der Waals surface area (Å²) in [5, 5.41) is 2.64. The van der Waals surface area contributed by atoms with Gasteiger partial charge in [0.05, 0.1) is 12.1 Å². The van der Waals surface area contributed by atoms with E-state index in [1.54, 1.807) is 6.92 Å². The minimum atomic E-state index is -1.06. The highest BCUT2D eigenvalue weighted by molar-refractivity contribution is 6.37. The molecule has 1 aliphatic rings. The van der Waals surface area contributed by atoms with E-state index in [1.807, 2.05) is 27.7 Å². The van der Waals surface area contributed by atoms with Crippen molar-refractivity contribution in [2.75, 3.05) is 6.54 Å². The first-order chi connectivity index (χ1) is 12.9. The summed E-state index contributed by atoms with van der Waals surface area (Å²) in [4.78, 5) is 50.6. The molecular weight excluding hydrogens is 360 g/mol. The van der Waals surface area contributed by atoms with Gasteiger partial charge in [-0.1, -0.05) is 47.0 Å². The second-order valence-electron chi connectivity index (χ2n) is 8.87. The Kier molecular flexibility index (Phi) is 8.60. The molecule has 0 heterocycles. The van der Waals surface area contributed by atoms with Gasteiger partial charge in [0, 0.05) is 6.54 Å². The molecule has 1 saturated carbocycles. The van der Waals surface area contributed by atoms with Crippen molar-refractivity contribution in [2.24, 2.45) is 22.8 Å². The highest BCUT2D eigenvalue weighted by Gasteiger charge is 2.37. The van der Waals surface area contributed by atoms with Crippen molar-refractivity contribution in [3.05, 3.63) is 0 Å². The van der Waals surface area contributed by atoms with Crippen LogP contribution >= 0.6 is 0 Å². The number of nitrogens with two attached hydrogens (primary N) is 2. The molecule has 1 fully saturated rings. The number of amides is 3. The Morgan fingerprint density at radius 3 is 2.14 bits per heavy atom. The lowest BCUT2D eigenvalue weighted by atomic mass is 9.80. The van der Waals surface area contributed by atoms with Crippen LogP contribution in [0.5, 0.6) is 0 Å². The quantitative estimate of drug-likeness (QED) is 0.467. The van der Waals surface area contributed by atoms with E-state index in [-0.39, 0.29) is 5.91 Å². The summed E-state index contributed by atoms with van der Waals surface area (Å²) in [5.41, 5.74) is 10.8. The second-order valence-corrected chi connectivity index (χ2v) is 8.87. The molecule has 160 valence electrons. The topological polar surface area (TPSA) is 136 Å². The van der Waals surface area contributed by atoms with Crippen molar-refractivity contribution in [3.8, 4) is 0 Å². The van der Waals surface area contributed by atoms with Crippen LogP contribution in [0.3, 0.4) is 0 Å². The fraction of sp³-hybridized carbons (Fsp3) is 0.800. The average molecular weight is 397 g/mol. The summed E-state index contributed by atoms with van der Waals surface area (Å²) in [6.45, 7) is 9.48. The van der Waals surface area contributed by atoms with E-state index in [2.05, 4.69) is 5.32 Å². The lowest BCUT2D eigenvalue weighted by Gasteiger charge is -2.35. The van der Waals surface area contributed by atoms with Crippen molar-refractivity contribution in [2.45, 2.75) is 84.8 Å². The molecule has 0 radical (unpaired) electrons. The molecule has 0 bridgehead atoms. The highest BCUT2D eigenvalue weighted by Crippen LogP contribution is 2.30. The zero-order valence-electron chi connectivity index (χ0n) is 17.8. The molecule has 1 aliphatic carbocycles. The van der Waals surface area contributed by atoms with Crippen LogP contribution in [0.1, 0.15) is 66.7 Å². The Bertz CT molecular complexity index is 596. The van der Waals surface area contributed by atoms with E-state index in [4.69, 9.17) is 11.5 Å². The number of nitrogens with zero attached hydrogens (tertiary/aromatic N) is 1. The molecule has 0 saturated heterocycles. The van der Waals surface area contributed by atoms with E-state index in [1.165, 1.54) is 4.90 Å². The standard InChI is InChI=1S/C20H36N4O4/c1-6-10-24(19(28)16(21)20(3,4)5)12(2)18(27)23-14(15(25)17(22)26)11-13-8-7-9-13/h12-14,16H,6-11,21H2,1-5H3,(H2,22,26)(H,23,27)/t12-,14?,16+/m0/s1. The van der Waals surface area contributed by atoms with Crippen LogP contribution < -0.4 is 16.8 Å². The zero-order valence-corrected chi connectivity index (χ0v) is 17.8. The molecular formula is C20H36N4O4. The van der Waals surface area contributed by atoms with Crippen LogP contribution in [0, 0.1) is 11.3 Å². The molecule has 3 atom stereocenters. The summed E-state index contributed by atoms with van der Waals surface area (Å²) in [5.74, 6) is -2.36. The van der Waals surface area contributed by atoms with Crippen molar-refractivity contribution >= 4 is 23.5 Å². The Labute approximate surface area is 167 Å². The van der Waals surface area contributed by atoms with E-state index >= 15 is 0 Å². The summed E-state index contributed by atoms with van der Waals surface area (Å²) in [6.07, 6.45) is 4.06. The minimum absolute atomic E-state index is 0.298. The molecule has 5 N–H and O–H groups in total. The maximum Gasteiger partial charge on any atom is 0.287 e. The maximum atomic E-state index is 12.9. The van der Waals surface area contributed by atoms with Crippen LogP contribution in [0.2, 0.25) is 0 Å². The predicted octanol–water partition coefficient (Wildman–Crippen LogP) is 0.716. The third-order valence-electron chi connectivity index (χ3n) is 5.46. The number of Topliss-reactive ketones (excluding diaryl/α,β-unsaturated/α-hetero) is 1. The zero-order chi connectivity index (χ0) is 21.6. The van der Waals surface area contributed by atoms with Gasteiger partial charge in [0.15, 0.2) is 0 Å². The molecule has 8 heteroatoms. The third kappa shape index (κ3) is 6.29. The molecule has 3 amide bonds. The van der Waals surface area contributed by atoms with Crippen LogP contribution in [0.25, 0.3) is 0 Å². The van der Waals surface area contributed by atoms with Crippen molar-refractivity contribution in [1.29, 1.82) is 0 Å². The number of hydrogen-bond acceptors (Lipinski definition) is 5. The van der Waals surface area contributed by atoms with Gasteiger partial charge in [-0.15, -0.1) is 0 Å². The summed E-state index contributed by atoms with van der Waals surface area (Å²) in [6, 6.07) is -2.52. The van der Waals surface area contributed by atoms with Crippen molar-refractivity contribution < 1.29 is 19.2 Å². The van der Waals surface area contributed by atoms with Gasteiger partial charge in [-0.05, 0) is 31.1 Å². The number of primary amides is 1. The van der Waals surface area contributed by atoms with Crippen molar-refractivity contribution in [1.82, 2.24) is 10.2 Å². The molecule has 1 unspecified atom stereocenters. The summed E-state index contributed by atoms with van der Waals surface area (Å²) in [7, 11) is 0. The monoisotopic (exact) mass is 396 g/mol. The summed E-state index contributed by atoms with van der Waals surface area (Å²) < 4.78 is 0. The molecule has 0 spiro atoms. The molecule has 1 rings (SSSR count). The van der Waals surface area contributed by atoms with Gasteiger partial charge in [-0.25, -0.2) is 0 Å². The largest absolute Gasteiger partial charge is 0.363 e. The first-order valence-electron chi connectivity index (χ1n) is 10.1. The molecule has 28 heavy (non-hydrogen) atoms. The normalized spacial score (nSPS) is 17.8. The van der Waals surface area contributed by atoms with Gasteiger partial charge in [0.25, 0.3) is 5.91 Å². The SMILES string of the molecule is CCCN(C(=O)[C@@H](N)C(C)(C)C)[C@@H](C)C(=O)NC(CC1CCC1)C(=O)C(N)=O. The molecule has 8 nitrogen and oxygen atoms in total. The number of hydrogen-bond donors (Lipinski definition) is 3. The molecule has 0 aromatic carbocycles. The Hall–Kier alpha value is -1.96. The number of carbonyl (C=O) groups is 4. The van der Waals surface area contributed by atoms with E-state index in [0.717, 1.165) is 19.3 Å². The first-order valence-corrected chi connectivity index (χ1v) is 10.1. The summed E-state index contributed by atoms with van der Waals surface area (Å²) >= 11 is 0. The van der Waals surface area contributed by atoms with Gasteiger partial charge in [-0.3, -0.25) is 19.2 Å². The highest BCUT2D eigenvalue weighted by atomic mass is 16.2. The Morgan fingerprint density at radius 2 is 1.75 bits per heavy atom. The number of ketones is 1. The number of nitrogens with one attached hydrogen (secondary N) is 1. The Morgan fingerprint density at radius 1 is 1.18 bits per heavy atom. The first kappa shape index (κ1) is 24.1. The molecule has 0 aliphatic heterocycles. The van der Waals surface area contributed by atoms with E-state index < -0.39 is 41.1 Å². The fourth-order valence-corrected chi connectivity index (χ4v) is 3.18. The van der Waals surface area contributed by atoms with Crippen LogP contribution in [0.4, 0.5) is 0 Å². The van der Waals surface area contributed by atoms with Gasteiger partial charge in [0.2, 0.25) is 17.6 Å². The molecule has 0 aromatic heterocycles. The second kappa shape index (κ2) is 10.0. The van der Waals surface area contributed by atoms with E-state index in [0.29, 0.717) is 25.3 Å². The number of carbonyl (C=O) groups excluding carboxylic acids is 4. The fourth-order valence-electron chi connectivity index (χ4n) is 3.18. The van der Waals surface area contributed by atoms with Crippen LogP contribution in [-0.2, 0) is 19.2 Å². The lowest BCUT2D eigenvalue weighted by molar-refractivity contribution is -0.144. The average Bonchev–Trinajstić information content (AvgIpc) is 2.57. The van der Waals surface area contributed by atoms with Gasteiger partial charge < -0.3 is 21.7 Å². The smallest absolute Gasteiger partial charge is 0.287 e. The lowest BCUT2D eigenvalue weighted by Crippen LogP contribution is -2.58. The van der Waals surface area contributed by atoms with Gasteiger partial charge in [-0.2, -0.15) is 0 Å². The molecule has 0 aromatic rings. The predicted molar refractivity (Wildman–Crippen MR) is 107 cm³/mol. The van der Waals surface area contributed by atoms with Crippen molar-refractivity contribution in [3.63, 3.8) is 0 Å².